The molecule has 0 fully saturated rings. The van der Waals surface area contributed by atoms with Crippen LogP contribution in [0.1, 0.15) is 11.1 Å². The van der Waals surface area contributed by atoms with Crippen molar-refractivity contribution in [2.24, 2.45) is 0 Å². The Balaban J connectivity index is 2.43. The van der Waals surface area contributed by atoms with Crippen LogP contribution < -0.4 is 4.72 Å². The molecule has 0 unspecified atom stereocenters. The van der Waals surface area contributed by atoms with Crippen LogP contribution in [-0.4, -0.2) is 18.4 Å². The smallest absolute Gasteiger partial charge is 0.263 e. The van der Waals surface area contributed by atoms with E-state index < -0.39 is 10.0 Å². The highest BCUT2D eigenvalue weighted by Gasteiger charge is 2.18. The second-order valence-corrected chi connectivity index (χ2v) is 6.60. The van der Waals surface area contributed by atoms with E-state index in [0.717, 1.165) is 5.56 Å². The molecule has 0 radical (unpaired) electrons. The van der Waals surface area contributed by atoms with Gasteiger partial charge < -0.3 is 0 Å². The number of aryl methyl sites for hydroxylation is 2. The molecule has 0 saturated heterocycles. The summed E-state index contributed by atoms with van der Waals surface area (Å²) in [7, 11) is -3.76. The lowest BCUT2D eigenvalue weighted by molar-refractivity contribution is 0.600. The highest BCUT2D eigenvalue weighted by atomic mass is 35.5. The molecule has 1 heterocycles. The molecule has 1 aromatic heterocycles. The van der Waals surface area contributed by atoms with Gasteiger partial charge in [-0.25, -0.2) is 13.4 Å². The Kier molecular flexibility index (Phi) is 4.17. The number of nitrogens with one attached hydrogen (secondary N) is 1. The molecule has 2 aromatic rings. The van der Waals surface area contributed by atoms with Crippen LogP contribution in [0.15, 0.2) is 29.2 Å². The van der Waals surface area contributed by atoms with Gasteiger partial charge in [0.15, 0.2) is 0 Å². The van der Waals surface area contributed by atoms with E-state index in [0.29, 0.717) is 5.56 Å². The highest BCUT2D eigenvalue weighted by Crippen LogP contribution is 2.21. The molecular weight excluding hydrogens is 321 g/mol. The quantitative estimate of drug-likeness (QED) is 0.692. The fraction of sp³-hybridized carbons (Fsp3) is 0.167. The molecule has 20 heavy (non-hydrogen) atoms. The summed E-state index contributed by atoms with van der Waals surface area (Å²) >= 11 is 11.4. The van der Waals surface area contributed by atoms with Gasteiger partial charge in [-0.05, 0) is 42.6 Å². The van der Waals surface area contributed by atoms with Gasteiger partial charge in [0.25, 0.3) is 10.0 Å². The number of halogens is 2. The second kappa shape index (κ2) is 5.55. The first kappa shape index (κ1) is 15.0. The average Bonchev–Trinajstić information content (AvgIpc) is 2.30. The summed E-state index contributed by atoms with van der Waals surface area (Å²) in [6.07, 6.45) is 0. The maximum absolute atomic E-state index is 12.3. The van der Waals surface area contributed by atoms with Gasteiger partial charge >= 0.3 is 0 Å². The van der Waals surface area contributed by atoms with Crippen LogP contribution in [-0.2, 0) is 10.0 Å². The fourth-order valence-corrected chi connectivity index (χ4v) is 3.36. The van der Waals surface area contributed by atoms with Gasteiger partial charge in [0.05, 0.1) is 4.90 Å². The third kappa shape index (κ3) is 3.39. The van der Waals surface area contributed by atoms with Crippen molar-refractivity contribution in [2.75, 3.05) is 4.72 Å². The Bertz CT molecular complexity index is 743. The van der Waals surface area contributed by atoms with Crippen LogP contribution >= 0.6 is 23.2 Å². The largest absolute Gasteiger partial charge is 0.263 e. The summed E-state index contributed by atoms with van der Waals surface area (Å²) in [5, 5.41) is -0.0696. The van der Waals surface area contributed by atoms with Crippen LogP contribution in [0.5, 0.6) is 0 Å². The second-order valence-electron chi connectivity index (χ2n) is 4.22. The zero-order valence-electron chi connectivity index (χ0n) is 10.7. The zero-order valence-corrected chi connectivity index (χ0v) is 13.0. The van der Waals surface area contributed by atoms with E-state index in [1.165, 1.54) is 6.07 Å². The number of nitrogens with zero attached hydrogens (tertiary/aromatic N) is 2. The number of sulfonamides is 1. The van der Waals surface area contributed by atoms with Crippen LogP contribution in [0, 0.1) is 13.8 Å². The number of rotatable bonds is 3. The third-order valence-corrected chi connectivity index (χ3v) is 4.40. The predicted octanol–water partition coefficient (Wildman–Crippen LogP) is 3.20. The van der Waals surface area contributed by atoms with Crippen LogP contribution in [0.25, 0.3) is 0 Å². The Morgan fingerprint density at radius 1 is 1.10 bits per heavy atom. The summed E-state index contributed by atoms with van der Waals surface area (Å²) in [5.74, 6) is 0.0240. The summed E-state index contributed by atoms with van der Waals surface area (Å²) in [4.78, 5) is 7.61. The lowest BCUT2D eigenvalue weighted by Crippen LogP contribution is -2.15. The molecule has 2 rings (SSSR count). The minimum atomic E-state index is -3.76. The molecule has 0 amide bonds. The summed E-state index contributed by atoms with van der Waals surface area (Å²) in [6.45, 7) is 3.53. The van der Waals surface area contributed by atoms with E-state index >= 15 is 0 Å². The van der Waals surface area contributed by atoms with E-state index in [1.54, 1.807) is 19.1 Å². The maximum Gasteiger partial charge on any atom is 0.263 e. The summed E-state index contributed by atoms with van der Waals surface area (Å²) < 4.78 is 27.0. The monoisotopic (exact) mass is 331 g/mol. The third-order valence-electron chi connectivity index (χ3n) is 2.54. The van der Waals surface area contributed by atoms with Crippen LogP contribution in [0.3, 0.4) is 0 Å². The number of hydrogen-bond acceptors (Lipinski definition) is 4. The molecule has 0 aliphatic heterocycles. The highest BCUT2D eigenvalue weighted by molar-refractivity contribution is 7.92. The lowest BCUT2D eigenvalue weighted by Gasteiger charge is -2.10. The van der Waals surface area contributed by atoms with Gasteiger partial charge in [-0.15, -0.1) is 0 Å². The molecule has 0 aliphatic rings. The number of anilines is 1. The standard InChI is InChI=1S/C12H11Cl2N3O2S/c1-7-3-4-8(2)9(5-7)20(18,19)17-11-6-10(13)15-12(14)16-11/h3-6H,1-2H3,(H,15,16,17). The fourth-order valence-electron chi connectivity index (χ4n) is 1.63. The number of hydrogen-bond donors (Lipinski definition) is 1. The van der Waals surface area contributed by atoms with Gasteiger partial charge in [0.2, 0.25) is 5.28 Å². The average molecular weight is 332 g/mol. The first-order valence-corrected chi connectivity index (χ1v) is 7.82. The van der Waals surface area contributed by atoms with Crippen LogP contribution in [0.2, 0.25) is 10.4 Å². The molecule has 0 bridgehead atoms. The summed E-state index contributed by atoms with van der Waals surface area (Å²) in [6, 6.07) is 6.45. The van der Waals surface area contributed by atoms with Gasteiger partial charge in [-0.3, -0.25) is 4.72 Å². The van der Waals surface area contributed by atoms with Crippen molar-refractivity contribution < 1.29 is 8.42 Å². The van der Waals surface area contributed by atoms with Gasteiger partial charge in [0.1, 0.15) is 11.0 Å². The van der Waals surface area contributed by atoms with E-state index in [-0.39, 0.29) is 21.2 Å². The van der Waals surface area contributed by atoms with Crippen molar-refractivity contribution in [1.29, 1.82) is 0 Å². The van der Waals surface area contributed by atoms with E-state index in [2.05, 4.69) is 14.7 Å². The molecule has 1 N–H and O–H groups in total. The Labute approximate surface area is 127 Å². The predicted molar refractivity (Wildman–Crippen MR) is 78.8 cm³/mol. The van der Waals surface area contributed by atoms with Crippen molar-refractivity contribution in [2.45, 2.75) is 18.7 Å². The molecule has 106 valence electrons. The molecule has 1 aromatic carbocycles. The van der Waals surface area contributed by atoms with Crippen molar-refractivity contribution in [1.82, 2.24) is 9.97 Å². The first-order valence-electron chi connectivity index (χ1n) is 5.58. The Morgan fingerprint density at radius 2 is 1.80 bits per heavy atom. The van der Waals surface area contributed by atoms with Gasteiger partial charge in [-0.2, -0.15) is 4.98 Å². The topological polar surface area (TPSA) is 72.0 Å². The van der Waals surface area contributed by atoms with E-state index in [1.807, 2.05) is 13.0 Å². The molecule has 0 aliphatic carbocycles. The van der Waals surface area contributed by atoms with E-state index in [4.69, 9.17) is 23.2 Å². The molecule has 0 spiro atoms. The van der Waals surface area contributed by atoms with E-state index in [9.17, 15) is 8.42 Å². The van der Waals surface area contributed by atoms with Crippen LogP contribution in [0.4, 0.5) is 5.82 Å². The SMILES string of the molecule is Cc1ccc(C)c(S(=O)(=O)Nc2cc(Cl)nc(Cl)n2)c1. The first-order chi connectivity index (χ1) is 9.28. The van der Waals surface area contributed by atoms with Crippen molar-refractivity contribution in [3.8, 4) is 0 Å². The van der Waals surface area contributed by atoms with Gasteiger partial charge in [-0.1, -0.05) is 23.7 Å². The number of benzene rings is 1. The minimum absolute atomic E-state index is 0.0240. The van der Waals surface area contributed by atoms with Crippen molar-refractivity contribution in [3.63, 3.8) is 0 Å². The molecule has 5 nitrogen and oxygen atoms in total. The molecule has 0 saturated carbocycles. The lowest BCUT2D eigenvalue weighted by atomic mass is 10.2. The van der Waals surface area contributed by atoms with Crippen molar-refractivity contribution in [3.05, 3.63) is 45.8 Å². The molecule has 8 heteroatoms. The zero-order chi connectivity index (χ0) is 14.9. The van der Waals surface area contributed by atoms with Crippen molar-refractivity contribution >= 4 is 39.0 Å². The number of aromatic nitrogens is 2. The Morgan fingerprint density at radius 3 is 2.45 bits per heavy atom. The maximum atomic E-state index is 12.3. The molecular formula is C12H11Cl2N3O2S. The molecule has 0 atom stereocenters. The van der Waals surface area contributed by atoms with Gasteiger partial charge in [0, 0.05) is 6.07 Å². The summed E-state index contributed by atoms with van der Waals surface area (Å²) in [5.41, 5.74) is 1.48. The normalized spacial score (nSPS) is 11.4. The Hall–Kier alpha value is -1.37. The minimum Gasteiger partial charge on any atom is -0.263 e.